The van der Waals surface area contributed by atoms with E-state index in [0.29, 0.717) is 23.6 Å². The Bertz CT molecular complexity index is 1690. The van der Waals surface area contributed by atoms with Crippen molar-refractivity contribution < 1.29 is 18.0 Å². The molecule has 44 heavy (non-hydrogen) atoms. The van der Waals surface area contributed by atoms with Crippen LogP contribution in [0.2, 0.25) is 15.1 Å². The molecule has 0 aliphatic rings. The number of rotatable bonds is 13. The summed E-state index contributed by atoms with van der Waals surface area (Å²) in [4.78, 5) is 29.5. The van der Waals surface area contributed by atoms with Crippen molar-refractivity contribution in [3.8, 4) is 0 Å². The predicted molar refractivity (Wildman–Crippen MR) is 177 cm³/mol. The van der Waals surface area contributed by atoms with Crippen LogP contribution < -0.4 is 9.62 Å². The molecule has 4 aromatic carbocycles. The Morgan fingerprint density at radius 3 is 2.09 bits per heavy atom. The Morgan fingerprint density at radius 1 is 0.795 bits per heavy atom. The van der Waals surface area contributed by atoms with Crippen LogP contribution in [0.1, 0.15) is 24.5 Å². The van der Waals surface area contributed by atoms with E-state index in [9.17, 15) is 18.0 Å². The summed E-state index contributed by atoms with van der Waals surface area (Å²) in [6.07, 6.45) is 0.897. The van der Waals surface area contributed by atoms with Crippen LogP contribution in [0.4, 0.5) is 5.69 Å². The largest absolute Gasteiger partial charge is 0.354 e. The zero-order valence-electron chi connectivity index (χ0n) is 24.0. The summed E-state index contributed by atoms with van der Waals surface area (Å²) in [5, 5.41) is 3.70. The predicted octanol–water partition coefficient (Wildman–Crippen LogP) is 7.01. The summed E-state index contributed by atoms with van der Waals surface area (Å²) in [6, 6.07) is 27.5. The molecule has 0 spiro atoms. The summed E-state index contributed by atoms with van der Waals surface area (Å²) in [5.41, 5.74) is 1.54. The van der Waals surface area contributed by atoms with Gasteiger partial charge in [0.15, 0.2) is 0 Å². The molecule has 4 rings (SSSR count). The lowest BCUT2D eigenvalue weighted by atomic mass is 10.0. The number of carbonyl (C=O) groups is 2. The fraction of sp³-hybridized carbons (Fsp3) is 0.212. The average molecular weight is 673 g/mol. The summed E-state index contributed by atoms with van der Waals surface area (Å²) in [7, 11) is -4.30. The van der Waals surface area contributed by atoms with Crippen molar-refractivity contribution in [2.75, 3.05) is 17.4 Å². The molecule has 0 aromatic heterocycles. The van der Waals surface area contributed by atoms with Gasteiger partial charge in [0.25, 0.3) is 10.0 Å². The van der Waals surface area contributed by atoms with Gasteiger partial charge in [-0.25, -0.2) is 8.42 Å². The third kappa shape index (κ3) is 8.54. The quantitative estimate of drug-likeness (QED) is 0.166. The molecule has 1 N–H and O–H groups in total. The number of nitrogens with zero attached hydrogens (tertiary/aromatic N) is 2. The Hall–Kier alpha value is -3.56. The van der Waals surface area contributed by atoms with E-state index >= 15 is 0 Å². The lowest BCUT2D eigenvalue weighted by Gasteiger charge is -2.34. The second kappa shape index (κ2) is 15.4. The molecule has 1 atom stereocenters. The van der Waals surface area contributed by atoms with E-state index in [-0.39, 0.29) is 39.5 Å². The molecular weight excluding hydrogens is 641 g/mol. The van der Waals surface area contributed by atoms with Gasteiger partial charge in [-0.05, 0) is 60.0 Å². The van der Waals surface area contributed by atoms with Gasteiger partial charge in [0.05, 0.1) is 15.6 Å². The van der Waals surface area contributed by atoms with Gasteiger partial charge in [0.2, 0.25) is 11.8 Å². The Labute approximate surface area is 273 Å². The van der Waals surface area contributed by atoms with E-state index in [1.807, 2.05) is 37.3 Å². The normalized spacial score (nSPS) is 11.9. The number of benzene rings is 4. The van der Waals surface area contributed by atoms with Gasteiger partial charge >= 0.3 is 0 Å². The first-order valence-corrected chi connectivity index (χ1v) is 16.6. The van der Waals surface area contributed by atoms with E-state index in [0.717, 1.165) is 9.87 Å². The van der Waals surface area contributed by atoms with Crippen molar-refractivity contribution in [1.29, 1.82) is 0 Å². The van der Waals surface area contributed by atoms with Gasteiger partial charge in [-0.15, -0.1) is 0 Å². The number of halogens is 3. The maximum atomic E-state index is 14.4. The van der Waals surface area contributed by atoms with Crippen LogP contribution in [-0.4, -0.2) is 44.3 Å². The maximum Gasteiger partial charge on any atom is 0.264 e. The minimum Gasteiger partial charge on any atom is -0.354 e. The number of amides is 2. The third-order valence-electron chi connectivity index (χ3n) is 6.85. The van der Waals surface area contributed by atoms with Crippen molar-refractivity contribution in [3.05, 3.63) is 129 Å². The number of nitrogens with one attached hydrogen (secondary N) is 1. The number of anilines is 1. The van der Waals surface area contributed by atoms with Gasteiger partial charge in [-0.3, -0.25) is 13.9 Å². The van der Waals surface area contributed by atoms with Crippen molar-refractivity contribution in [1.82, 2.24) is 10.2 Å². The minimum absolute atomic E-state index is 0.00105. The molecule has 0 saturated heterocycles. The van der Waals surface area contributed by atoms with Crippen LogP contribution in [0.3, 0.4) is 0 Å². The van der Waals surface area contributed by atoms with E-state index in [1.165, 1.54) is 35.2 Å². The molecule has 0 heterocycles. The second-order valence-electron chi connectivity index (χ2n) is 10.1. The highest BCUT2D eigenvalue weighted by Crippen LogP contribution is 2.33. The highest BCUT2D eigenvalue weighted by molar-refractivity contribution is 7.92. The first-order chi connectivity index (χ1) is 21.1. The Morgan fingerprint density at radius 2 is 1.43 bits per heavy atom. The number of hydrogen-bond donors (Lipinski definition) is 1. The molecule has 0 bridgehead atoms. The number of carbonyl (C=O) groups excluding carboxylic acids is 2. The van der Waals surface area contributed by atoms with Crippen molar-refractivity contribution in [3.63, 3.8) is 0 Å². The molecule has 11 heteroatoms. The molecule has 0 saturated carbocycles. The van der Waals surface area contributed by atoms with E-state index < -0.39 is 28.5 Å². The van der Waals surface area contributed by atoms with E-state index in [4.69, 9.17) is 34.8 Å². The highest BCUT2D eigenvalue weighted by atomic mass is 35.5. The smallest absolute Gasteiger partial charge is 0.264 e. The molecule has 0 radical (unpaired) electrons. The first kappa shape index (κ1) is 33.3. The maximum absolute atomic E-state index is 14.4. The first-order valence-electron chi connectivity index (χ1n) is 14.0. The molecule has 0 aliphatic carbocycles. The fourth-order valence-electron chi connectivity index (χ4n) is 4.66. The zero-order valence-corrected chi connectivity index (χ0v) is 27.1. The summed E-state index contributed by atoms with van der Waals surface area (Å²) >= 11 is 19.0. The summed E-state index contributed by atoms with van der Waals surface area (Å²) in [5.74, 6) is -0.975. The highest BCUT2D eigenvalue weighted by Gasteiger charge is 2.35. The average Bonchev–Trinajstić information content (AvgIpc) is 3.02. The zero-order chi connectivity index (χ0) is 31.7. The lowest BCUT2D eigenvalue weighted by Crippen LogP contribution is -2.53. The molecule has 7 nitrogen and oxygen atoms in total. The molecule has 230 valence electrons. The van der Waals surface area contributed by atoms with Crippen LogP contribution in [0.25, 0.3) is 0 Å². The molecule has 2 amide bonds. The van der Waals surface area contributed by atoms with Crippen molar-refractivity contribution in [2.24, 2.45) is 0 Å². The fourth-order valence-corrected chi connectivity index (χ4v) is 6.76. The van der Waals surface area contributed by atoms with Crippen molar-refractivity contribution >= 4 is 62.3 Å². The van der Waals surface area contributed by atoms with Gasteiger partial charge < -0.3 is 10.2 Å². The van der Waals surface area contributed by atoms with Gasteiger partial charge in [-0.2, -0.15) is 0 Å². The molecule has 0 fully saturated rings. The lowest BCUT2D eigenvalue weighted by molar-refractivity contribution is -0.140. The van der Waals surface area contributed by atoms with Crippen LogP contribution in [0.5, 0.6) is 0 Å². The summed E-state index contributed by atoms with van der Waals surface area (Å²) < 4.78 is 29.0. The van der Waals surface area contributed by atoms with Crippen LogP contribution >= 0.6 is 34.8 Å². The Balaban J connectivity index is 1.82. The van der Waals surface area contributed by atoms with Crippen molar-refractivity contribution in [2.45, 2.75) is 37.2 Å². The minimum atomic E-state index is -4.30. The van der Waals surface area contributed by atoms with Crippen LogP contribution in [0, 0.1) is 0 Å². The topological polar surface area (TPSA) is 86.8 Å². The van der Waals surface area contributed by atoms with Gasteiger partial charge in [0, 0.05) is 29.6 Å². The monoisotopic (exact) mass is 671 g/mol. The molecular formula is C33H32Cl3N3O4S. The second-order valence-corrected chi connectivity index (χ2v) is 13.2. The molecule has 0 unspecified atom stereocenters. The Kier molecular flexibility index (Phi) is 11.7. The third-order valence-corrected chi connectivity index (χ3v) is 9.41. The SMILES string of the molecule is CCCNC(=O)[C@@H](Cc1ccccc1)N(Cc1cccc(Cl)c1)C(=O)CN(c1cc(Cl)ccc1Cl)S(=O)(=O)c1ccccc1. The number of hydrogen-bond acceptors (Lipinski definition) is 4. The molecule has 0 aliphatic heterocycles. The standard InChI is InChI=1S/C33H32Cl3N3O4S/c1-2-18-37-33(41)31(20-24-10-5-3-6-11-24)38(22-25-12-9-13-26(34)19-25)32(40)23-39(30-21-27(35)16-17-29(30)36)44(42,43)28-14-7-4-8-15-28/h3-17,19,21,31H,2,18,20,22-23H2,1H3,(H,37,41)/t31-/m1/s1. The van der Waals surface area contributed by atoms with E-state index in [1.54, 1.807) is 42.5 Å². The van der Waals surface area contributed by atoms with E-state index in [2.05, 4.69) is 5.32 Å². The summed E-state index contributed by atoms with van der Waals surface area (Å²) in [6.45, 7) is 1.70. The van der Waals surface area contributed by atoms with Crippen LogP contribution in [0.15, 0.2) is 108 Å². The van der Waals surface area contributed by atoms with Gasteiger partial charge in [-0.1, -0.05) is 102 Å². The molecule has 4 aromatic rings. The van der Waals surface area contributed by atoms with Gasteiger partial charge in [0.1, 0.15) is 12.6 Å². The van der Waals surface area contributed by atoms with Crippen LogP contribution in [-0.2, 0) is 32.6 Å². The number of sulfonamides is 1.